The molecule has 2 aromatic carbocycles. The molecule has 0 aliphatic carbocycles. The van der Waals surface area contributed by atoms with E-state index in [1.807, 2.05) is 31.2 Å². The Balaban J connectivity index is 1.31. The summed E-state index contributed by atoms with van der Waals surface area (Å²) in [4.78, 5) is 6.73. The fraction of sp³-hybridized carbons (Fsp3) is 0.227. The van der Waals surface area contributed by atoms with E-state index in [0.29, 0.717) is 18.9 Å². The van der Waals surface area contributed by atoms with Gasteiger partial charge < -0.3 is 9.64 Å². The van der Waals surface area contributed by atoms with Gasteiger partial charge in [-0.15, -0.1) is 21.5 Å². The van der Waals surface area contributed by atoms with Gasteiger partial charge in [-0.25, -0.2) is 13.4 Å². The minimum absolute atomic E-state index is 0.210. The molecule has 1 aliphatic heterocycles. The van der Waals surface area contributed by atoms with Gasteiger partial charge >= 0.3 is 0 Å². The summed E-state index contributed by atoms with van der Waals surface area (Å²) >= 11 is 1.47. The minimum Gasteiger partial charge on any atom is -0.378 e. The highest BCUT2D eigenvalue weighted by atomic mass is 32.2. The number of aryl methyl sites for hydroxylation is 1. The fourth-order valence-corrected chi connectivity index (χ4v) is 5.58. The molecule has 2 aromatic heterocycles. The zero-order chi connectivity index (χ0) is 22.1. The minimum atomic E-state index is -3.71. The summed E-state index contributed by atoms with van der Waals surface area (Å²) in [7, 11) is -3.71. The van der Waals surface area contributed by atoms with Crippen LogP contribution in [-0.2, 0) is 14.8 Å². The molecule has 0 radical (unpaired) electrons. The first-order chi connectivity index (χ1) is 15.5. The van der Waals surface area contributed by atoms with Crippen LogP contribution in [-0.4, -0.2) is 49.9 Å². The smallest absolute Gasteiger partial charge is 0.261 e. The predicted octanol–water partition coefficient (Wildman–Crippen LogP) is 3.70. The molecule has 0 amide bonds. The van der Waals surface area contributed by atoms with Gasteiger partial charge in [0, 0.05) is 24.3 Å². The lowest BCUT2D eigenvalue weighted by atomic mass is 10.1. The van der Waals surface area contributed by atoms with E-state index in [1.165, 1.54) is 11.3 Å². The number of anilines is 2. The van der Waals surface area contributed by atoms with Crippen molar-refractivity contribution in [1.82, 2.24) is 15.2 Å². The van der Waals surface area contributed by atoms with Gasteiger partial charge in [0.25, 0.3) is 10.0 Å². The molecule has 1 N–H and O–H groups in total. The maximum atomic E-state index is 12.8. The van der Waals surface area contributed by atoms with Crippen LogP contribution in [0.4, 0.5) is 11.5 Å². The van der Waals surface area contributed by atoms with Crippen molar-refractivity contribution >= 4 is 43.1 Å². The number of hydrogen-bond donors (Lipinski definition) is 1. The van der Waals surface area contributed by atoms with E-state index < -0.39 is 10.0 Å². The summed E-state index contributed by atoms with van der Waals surface area (Å²) in [6, 6.07) is 15.9. The van der Waals surface area contributed by atoms with Crippen LogP contribution in [0.3, 0.4) is 0 Å². The molecular weight excluding hydrogens is 446 g/mol. The third-order valence-corrected chi connectivity index (χ3v) is 7.51. The molecule has 0 atom stereocenters. The first-order valence-corrected chi connectivity index (χ1v) is 12.4. The Kier molecular flexibility index (Phi) is 5.50. The molecule has 8 nitrogen and oxygen atoms in total. The van der Waals surface area contributed by atoms with Gasteiger partial charge in [0.2, 0.25) is 0 Å². The van der Waals surface area contributed by atoms with Crippen LogP contribution in [0, 0.1) is 6.92 Å². The summed E-state index contributed by atoms with van der Waals surface area (Å²) in [6.45, 7) is 4.90. The van der Waals surface area contributed by atoms with E-state index in [1.54, 1.807) is 30.3 Å². The summed E-state index contributed by atoms with van der Waals surface area (Å²) in [5.74, 6) is 0.828. The maximum absolute atomic E-state index is 12.8. The Labute approximate surface area is 189 Å². The van der Waals surface area contributed by atoms with Gasteiger partial charge in [-0.1, -0.05) is 12.1 Å². The molecule has 0 bridgehead atoms. The average Bonchev–Trinajstić information content (AvgIpc) is 3.19. The van der Waals surface area contributed by atoms with Crippen molar-refractivity contribution in [3.63, 3.8) is 0 Å². The Morgan fingerprint density at radius 1 is 1.00 bits per heavy atom. The molecule has 1 aliphatic rings. The van der Waals surface area contributed by atoms with Gasteiger partial charge in [0.15, 0.2) is 5.82 Å². The van der Waals surface area contributed by atoms with Crippen LogP contribution in [0.2, 0.25) is 0 Å². The number of benzene rings is 2. The van der Waals surface area contributed by atoms with Crippen molar-refractivity contribution in [1.29, 1.82) is 0 Å². The zero-order valence-electron chi connectivity index (χ0n) is 17.4. The van der Waals surface area contributed by atoms with Crippen molar-refractivity contribution < 1.29 is 13.2 Å². The van der Waals surface area contributed by atoms with Crippen LogP contribution < -0.4 is 9.62 Å². The number of morpholine rings is 1. The summed E-state index contributed by atoms with van der Waals surface area (Å²) in [6.07, 6.45) is 0. The van der Waals surface area contributed by atoms with E-state index in [2.05, 4.69) is 24.8 Å². The molecule has 0 unspecified atom stereocenters. The lowest BCUT2D eigenvalue weighted by Crippen LogP contribution is -2.36. The molecule has 1 fully saturated rings. The number of rotatable bonds is 5. The van der Waals surface area contributed by atoms with E-state index in [-0.39, 0.29) is 4.90 Å². The normalized spacial score (nSPS) is 14.6. The molecule has 32 heavy (non-hydrogen) atoms. The summed E-state index contributed by atoms with van der Waals surface area (Å²) in [5.41, 5.74) is 2.86. The van der Waals surface area contributed by atoms with E-state index >= 15 is 0 Å². The quantitative estimate of drug-likeness (QED) is 0.478. The highest BCUT2D eigenvalue weighted by Gasteiger charge is 2.16. The van der Waals surface area contributed by atoms with Crippen LogP contribution in [0.15, 0.2) is 59.5 Å². The summed E-state index contributed by atoms with van der Waals surface area (Å²) in [5, 5.41) is 9.56. The van der Waals surface area contributed by atoms with Gasteiger partial charge in [-0.05, 0) is 49.4 Å². The highest BCUT2D eigenvalue weighted by molar-refractivity contribution is 7.92. The van der Waals surface area contributed by atoms with Crippen molar-refractivity contribution in [3.05, 3.63) is 59.6 Å². The predicted molar refractivity (Wildman–Crippen MR) is 126 cm³/mol. The number of nitrogens with zero attached hydrogens (tertiary/aromatic N) is 4. The Morgan fingerprint density at radius 2 is 1.78 bits per heavy atom. The third-order valence-electron chi connectivity index (χ3n) is 5.20. The topological polar surface area (TPSA) is 97.3 Å². The first-order valence-electron chi connectivity index (χ1n) is 10.1. The van der Waals surface area contributed by atoms with Crippen molar-refractivity contribution in [2.75, 3.05) is 35.9 Å². The van der Waals surface area contributed by atoms with Crippen molar-refractivity contribution in [2.45, 2.75) is 11.8 Å². The highest BCUT2D eigenvalue weighted by Crippen LogP contribution is 2.27. The molecule has 4 aromatic rings. The lowest BCUT2D eigenvalue weighted by Gasteiger charge is -2.27. The lowest BCUT2D eigenvalue weighted by molar-refractivity contribution is 0.122. The third kappa shape index (κ3) is 4.29. The SMILES string of the molecule is Cc1nc2ccc(S(=O)(=O)Nc3ccc(-c4ccc(N5CCOCC5)nn4)cc3)cc2s1. The fourth-order valence-electron chi connectivity index (χ4n) is 3.55. The maximum Gasteiger partial charge on any atom is 0.261 e. The second-order valence-corrected chi connectivity index (χ2v) is 10.3. The van der Waals surface area contributed by atoms with Crippen molar-refractivity contribution in [3.8, 4) is 11.3 Å². The number of fused-ring (bicyclic) bond motifs is 1. The Morgan fingerprint density at radius 3 is 2.50 bits per heavy atom. The van der Waals surface area contributed by atoms with Gasteiger partial charge in [0.05, 0.1) is 39.0 Å². The number of sulfonamides is 1. The van der Waals surface area contributed by atoms with Crippen LogP contribution >= 0.6 is 11.3 Å². The first kappa shape index (κ1) is 20.8. The summed E-state index contributed by atoms with van der Waals surface area (Å²) < 4.78 is 34.5. The van der Waals surface area contributed by atoms with E-state index in [0.717, 1.165) is 45.4 Å². The molecule has 164 valence electrons. The van der Waals surface area contributed by atoms with Crippen LogP contribution in [0.1, 0.15) is 5.01 Å². The largest absolute Gasteiger partial charge is 0.378 e. The van der Waals surface area contributed by atoms with Crippen molar-refractivity contribution in [2.24, 2.45) is 0 Å². The monoisotopic (exact) mass is 467 g/mol. The Hall–Kier alpha value is -3.08. The number of hydrogen-bond acceptors (Lipinski definition) is 8. The van der Waals surface area contributed by atoms with Crippen LogP contribution in [0.5, 0.6) is 0 Å². The Bertz CT molecular complexity index is 1350. The zero-order valence-corrected chi connectivity index (χ0v) is 19.0. The second kappa shape index (κ2) is 8.45. The molecule has 1 saturated heterocycles. The van der Waals surface area contributed by atoms with E-state index in [4.69, 9.17) is 4.74 Å². The molecular formula is C22H21N5O3S2. The number of nitrogens with one attached hydrogen (secondary N) is 1. The van der Waals surface area contributed by atoms with Gasteiger partial charge in [0.1, 0.15) is 0 Å². The molecule has 5 rings (SSSR count). The molecule has 0 saturated carbocycles. The van der Waals surface area contributed by atoms with Crippen LogP contribution in [0.25, 0.3) is 21.5 Å². The standard InChI is InChI=1S/C22H21N5O3S2/c1-15-23-20-7-6-18(14-21(20)31-15)32(28,29)26-17-4-2-16(3-5-17)19-8-9-22(25-24-19)27-10-12-30-13-11-27/h2-9,14,26H,10-13H2,1H3. The average molecular weight is 468 g/mol. The number of aromatic nitrogens is 3. The van der Waals surface area contributed by atoms with Gasteiger partial charge in [-0.2, -0.15) is 0 Å². The molecule has 10 heteroatoms. The molecule has 0 spiro atoms. The van der Waals surface area contributed by atoms with Gasteiger partial charge in [-0.3, -0.25) is 4.72 Å². The number of thiazole rings is 1. The van der Waals surface area contributed by atoms with E-state index in [9.17, 15) is 8.42 Å². The number of ether oxygens (including phenoxy) is 1. The second-order valence-electron chi connectivity index (χ2n) is 7.42. The molecule has 3 heterocycles.